The van der Waals surface area contributed by atoms with Gasteiger partial charge in [0.2, 0.25) is 11.8 Å². The van der Waals surface area contributed by atoms with E-state index in [1.807, 2.05) is 4.90 Å². The van der Waals surface area contributed by atoms with Crippen molar-refractivity contribution in [1.29, 1.82) is 0 Å². The maximum atomic E-state index is 14.0. The lowest BCUT2D eigenvalue weighted by molar-refractivity contribution is -0.126. The van der Waals surface area contributed by atoms with Gasteiger partial charge in [-0.15, -0.1) is 0 Å². The van der Waals surface area contributed by atoms with Gasteiger partial charge in [-0.2, -0.15) is 0 Å². The summed E-state index contributed by atoms with van der Waals surface area (Å²) in [5.41, 5.74) is 6.54. The van der Waals surface area contributed by atoms with Crippen molar-refractivity contribution in [2.45, 2.75) is 76.8 Å². The Kier molecular flexibility index (Phi) is 7.15. The molecule has 1 atom stereocenters. The van der Waals surface area contributed by atoms with E-state index in [0.717, 1.165) is 43.5 Å². The fourth-order valence-corrected chi connectivity index (χ4v) is 6.04. The van der Waals surface area contributed by atoms with Crippen LogP contribution in [0.5, 0.6) is 0 Å². The molecule has 1 aliphatic carbocycles. The zero-order chi connectivity index (χ0) is 22.8. The third kappa shape index (κ3) is 4.69. The van der Waals surface area contributed by atoms with E-state index in [2.05, 4.69) is 29.6 Å². The molecule has 32 heavy (non-hydrogen) atoms. The number of hydrogen-bond donors (Lipinski definition) is 2. The van der Waals surface area contributed by atoms with Crippen molar-refractivity contribution >= 4 is 17.5 Å². The molecule has 2 aliphatic heterocycles. The molecular formula is C25H37FN4O2. The number of benzene rings is 1. The Balaban J connectivity index is 1.42. The zero-order valence-corrected chi connectivity index (χ0v) is 19.6. The average molecular weight is 445 g/mol. The molecule has 2 N–H and O–H groups in total. The minimum Gasteiger partial charge on any atom is -0.308 e. The number of likely N-dealkylation sites (tertiary alicyclic amines) is 1. The van der Waals surface area contributed by atoms with Gasteiger partial charge in [-0.25, -0.2) is 9.82 Å². The van der Waals surface area contributed by atoms with Crippen LogP contribution < -0.4 is 15.8 Å². The number of carbonyl (C=O) groups is 2. The molecule has 0 spiro atoms. The Hall–Kier alpha value is -1.99. The van der Waals surface area contributed by atoms with Crippen LogP contribution in [-0.4, -0.2) is 48.9 Å². The number of anilines is 1. The number of fused-ring (bicyclic) bond motifs is 1. The lowest BCUT2D eigenvalue weighted by Crippen LogP contribution is -2.50. The zero-order valence-electron chi connectivity index (χ0n) is 19.6. The van der Waals surface area contributed by atoms with Crippen molar-refractivity contribution in [2.24, 2.45) is 11.8 Å². The number of nitrogens with zero attached hydrogens (tertiary/aromatic N) is 2. The monoisotopic (exact) mass is 444 g/mol. The van der Waals surface area contributed by atoms with Crippen LogP contribution in [0.2, 0.25) is 0 Å². The summed E-state index contributed by atoms with van der Waals surface area (Å²) in [6.07, 6.45) is 7.06. The van der Waals surface area contributed by atoms with Gasteiger partial charge in [0.15, 0.2) is 0 Å². The van der Waals surface area contributed by atoms with Gasteiger partial charge in [-0.1, -0.05) is 13.8 Å². The van der Waals surface area contributed by atoms with Gasteiger partial charge < -0.3 is 9.80 Å². The maximum absolute atomic E-state index is 14.0. The maximum Gasteiger partial charge on any atom is 0.235 e. The van der Waals surface area contributed by atoms with Crippen molar-refractivity contribution in [2.75, 3.05) is 25.0 Å². The molecule has 2 heterocycles. The van der Waals surface area contributed by atoms with E-state index in [9.17, 15) is 14.0 Å². The fourth-order valence-electron chi connectivity index (χ4n) is 6.04. The Morgan fingerprint density at radius 1 is 1.09 bits per heavy atom. The van der Waals surface area contributed by atoms with Crippen molar-refractivity contribution in [3.63, 3.8) is 0 Å². The molecule has 1 saturated carbocycles. The Morgan fingerprint density at radius 3 is 2.41 bits per heavy atom. The second kappa shape index (κ2) is 9.87. The number of carbonyl (C=O) groups excluding carboxylic acids is 2. The van der Waals surface area contributed by atoms with E-state index in [1.165, 1.54) is 37.8 Å². The first-order chi connectivity index (χ1) is 15.4. The molecule has 7 heteroatoms. The number of nitrogens with one attached hydrogen (secondary N) is 2. The first-order valence-corrected chi connectivity index (χ1v) is 12.2. The fraction of sp³-hybridized carbons (Fsp3) is 0.680. The molecule has 0 bridgehead atoms. The SMILES string of the molecule is CNNC(=O)CC1C(=O)N(C2CCN(C3CCC(C(C)C)CC3)CC2)c2ccc(F)cc21. The minimum atomic E-state index is -0.626. The van der Waals surface area contributed by atoms with Gasteiger partial charge in [-0.3, -0.25) is 15.0 Å². The van der Waals surface area contributed by atoms with Gasteiger partial charge in [0.25, 0.3) is 0 Å². The minimum absolute atomic E-state index is 0.0184. The lowest BCUT2D eigenvalue weighted by atomic mass is 9.79. The Labute approximate surface area is 190 Å². The third-order valence-electron chi connectivity index (χ3n) is 7.88. The summed E-state index contributed by atoms with van der Waals surface area (Å²) in [4.78, 5) is 30.0. The van der Waals surface area contributed by atoms with Crippen LogP contribution in [0.25, 0.3) is 0 Å². The van der Waals surface area contributed by atoms with Gasteiger partial charge in [0.1, 0.15) is 5.82 Å². The van der Waals surface area contributed by atoms with Crippen LogP contribution in [0, 0.1) is 17.7 Å². The van der Waals surface area contributed by atoms with E-state index in [1.54, 1.807) is 13.1 Å². The standard InChI is InChI=1S/C25H37FN4O2/c1-16(2)17-4-7-19(8-5-17)29-12-10-20(11-13-29)30-23-9-6-18(26)14-21(23)22(25(30)32)15-24(31)28-27-3/h6,9,14,16-17,19-20,22,27H,4-5,7-8,10-13,15H2,1-3H3,(H,28,31). The number of hydrazine groups is 1. The number of hydrogen-bond acceptors (Lipinski definition) is 4. The molecule has 1 aromatic rings. The summed E-state index contributed by atoms with van der Waals surface area (Å²) in [7, 11) is 1.61. The molecule has 1 saturated heterocycles. The van der Waals surface area contributed by atoms with E-state index in [4.69, 9.17) is 0 Å². The normalized spacial score (nSPS) is 27.1. The molecule has 0 aromatic heterocycles. The molecule has 2 amide bonds. The molecule has 2 fully saturated rings. The summed E-state index contributed by atoms with van der Waals surface area (Å²) in [5.74, 6) is 0.293. The number of rotatable bonds is 6. The van der Waals surface area contributed by atoms with Crippen LogP contribution in [0.15, 0.2) is 18.2 Å². The topological polar surface area (TPSA) is 64.7 Å². The molecule has 3 aliphatic rings. The molecule has 176 valence electrons. The highest BCUT2D eigenvalue weighted by Crippen LogP contribution is 2.42. The highest BCUT2D eigenvalue weighted by atomic mass is 19.1. The second-order valence-corrected chi connectivity index (χ2v) is 10.0. The van der Waals surface area contributed by atoms with Gasteiger partial charge in [0.05, 0.1) is 5.92 Å². The average Bonchev–Trinajstić information content (AvgIpc) is 3.05. The Bertz CT molecular complexity index is 829. The number of halogens is 1. The van der Waals surface area contributed by atoms with E-state index in [0.29, 0.717) is 11.6 Å². The summed E-state index contributed by atoms with van der Waals surface area (Å²) < 4.78 is 14.0. The van der Waals surface area contributed by atoms with Gasteiger partial charge in [-0.05, 0) is 74.1 Å². The molecule has 1 aromatic carbocycles. The van der Waals surface area contributed by atoms with Gasteiger partial charge >= 0.3 is 0 Å². The van der Waals surface area contributed by atoms with E-state index in [-0.39, 0.29) is 30.1 Å². The van der Waals surface area contributed by atoms with Gasteiger partial charge in [0, 0.05) is 44.3 Å². The summed E-state index contributed by atoms with van der Waals surface area (Å²) in [5, 5.41) is 0. The van der Waals surface area contributed by atoms with Crippen LogP contribution in [-0.2, 0) is 9.59 Å². The van der Waals surface area contributed by atoms with Crippen LogP contribution >= 0.6 is 0 Å². The quantitative estimate of drug-likeness (QED) is 0.659. The molecule has 0 radical (unpaired) electrons. The first-order valence-electron chi connectivity index (χ1n) is 12.2. The Morgan fingerprint density at radius 2 is 1.78 bits per heavy atom. The number of amides is 2. The van der Waals surface area contributed by atoms with Crippen molar-refractivity contribution < 1.29 is 14.0 Å². The molecule has 1 unspecified atom stereocenters. The molecule has 6 nitrogen and oxygen atoms in total. The first kappa shape index (κ1) is 23.2. The molecular weight excluding hydrogens is 407 g/mol. The smallest absolute Gasteiger partial charge is 0.235 e. The van der Waals surface area contributed by atoms with Crippen LogP contribution in [0.3, 0.4) is 0 Å². The summed E-state index contributed by atoms with van der Waals surface area (Å²) in [6.45, 7) is 6.66. The third-order valence-corrected chi connectivity index (χ3v) is 7.88. The van der Waals surface area contributed by atoms with Crippen LogP contribution in [0.1, 0.15) is 70.3 Å². The molecule has 4 rings (SSSR count). The van der Waals surface area contributed by atoms with Crippen LogP contribution in [0.4, 0.5) is 10.1 Å². The highest BCUT2D eigenvalue weighted by molar-refractivity contribution is 6.07. The van der Waals surface area contributed by atoms with E-state index < -0.39 is 5.92 Å². The second-order valence-electron chi connectivity index (χ2n) is 10.0. The van der Waals surface area contributed by atoms with Crippen molar-refractivity contribution in [3.05, 3.63) is 29.6 Å². The lowest BCUT2D eigenvalue weighted by Gasteiger charge is -2.43. The van der Waals surface area contributed by atoms with Crippen molar-refractivity contribution in [1.82, 2.24) is 15.8 Å². The van der Waals surface area contributed by atoms with E-state index >= 15 is 0 Å². The van der Waals surface area contributed by atoms with Crippen molar-refractivity contribution in [3.8, 4) is 0 Å². The predicted molar refractivity (Wildman–Crippen MR) is 124 cm³/mol. The largest absolute Gasteiger partial charge is 0.308 e. The predicted octanol–water partition coefficient (Wildman–Crippen LogP) is 3.58. The summed E-state index contributed by atoms with van der Waals surface area (Å²) >= 11 is 0. The number of piperidine rings is 1. The highest BCUT2D eigenvalue weighted by Gasteiger charge is 2.43. The summed E-state index contributed by atoms with van der Waals surface area (Å²) in [6, 6.07) is 5.31.